The maximum atomic E-state index is 10.6. The average Bonchev–Trinajstić information content (AvgIpc) is 2.71. The third-order valence-corrected chi connectivity index (χ3v) is 3.18. The van der Waals surface area contributed by atoms with Crippen LogP contribution in [0.3, 0.4) is 0 Å². The normalized spacial score (nSPS) is 10.7. The van der Waals surface area contributed by atoms with Crippen molar-refractivity contribution in [3.8, 4) is 11.4 Å². The highest BCUT2D eigenvalue weighted by atomic mass is 16.4. The molecular weight excluding hydrogens is 242 g/mol. The van der Waals surface area contributed by atoms with Crippen molar-refractivity contribution in [3.63, 3.8) is 0 Å². The standard InChI is InChI=1S/C14H17N3O2/c1-9-4-5-11(8-10(9)2)14-15-12(17(3)16-14)6-7-13(18)19/h4-5,8H,6-7H2,1-3H3,(H,18,19). The molecule has 0 aliphatic heterocycles. The van der Waals surface area contributed by atoms with Gasteiger partial charge in [0.1, 0.15) is 5.82 Å². The van der Waals surface area contributed by atoms with Crippen LogP contribution >= 0.6 is 0 Å². The molecule has 100 valence electrons. The van der Waals surface area contributed by atoms with Crippen LogP contribution in [-0.2, 0) is 18.3 Å². The van der Waals surface area contributed by atoms with E-state index in [1.54, 1.807) is 11.7 Å². The highest BCUT2D eigenvalue weighted by Crippen LogP contribution is 2.19. The second-order valence-corrected chi connectivity index (χ2v) is 4.67. The lowest BCUT2D eigenvalue weighted by atomic mass is 10.1. The molecular formula is C14H17N3O2. The van der Waals surface area contributed by atoms with Crippen molar-refractivity contribution in [1.82, 2.24) is 14.8 Å². The van der Waals surface area contributed by atoms with Gasteiger partial charge in [-0.25, -0.2) is 4.98 Å². The molecule has 0 unspecified atom stereocenters. The molecule has 5 heteroatoms. The summed E-state index contributed by atoms with van der Waals surface area (Å²) in [7, 11) is 1.79. The molecule has 0 saturated heterocycles. The number of carboxylic acid groups (broad SMARTS) is 1. The van der Waals surface area contributed by atoms with Crippen LogP contribution in [0.2, 0.25) is 0 Å². The molecule has 2 aromatic rings. The van der Waals surface area contributed by atoms with Crippen LogP contribution in [0.1, 0.15) is 23.4 Å². The van der Waals surface area contributed by atoms with Gasteiger partial charge >= 0.3 is 5.97 Å². The maximum absolute atomic E-state index is 10.6. The van der Waals surface area contributed by atoms with Crippen molar-refractivity contribution >= 4 is 5.97 Å². The molecule has 1 heterocycles. The lowest BCUT2D eigenvalue weighted by molar-refractivity contribution is -0.137. The van der Waals surface area contributed by atoms with Gasteiger partial charge in [0.05, 0.1) is 6.42 Å². The Morgan fingerprint density at radius 1 is 1.32 bits per heavy atom. The molecule has 0 atom stereocenters. The van der Waals surface area contributed by atoms with Gasteiger partial charge in [-0.15, -0.1) is 0 Å². The third kappa shape index (κ3) is 2.99. The van der Waals surface area contributed by atoms with E-state index in [1.807, 2.05) is 25.1 Å². The summed E-state index contributed by atoms with van der Waals surface area (Å²) in [4.78, 5) is 15.0. The molecule has 1 N–H and O–H groups in total. The van der Waals surface area contributed by atoms with E-state index in [0.29, 0.717) is 18.1 Å². The maximum Gasteiger partial charge on any atom is 0.303 e. The Morgan fingerprint density at radius 3 is 2.68 bits per heavy atom. The zero-order valence-corrected chi connectivity index (χ0v) is 11.3. The van der Waals surface area contributed by atoms with E-state index in [4.69, 9.17) is 5.11 Å². The van der Waals surface area contributed by atoms with Gasteiger partial charge in [0.15, 0.2) is 5.82 Å². The fraction of sp³-hybridized carbons (Fsp3) is 0.357. The van der Waals surface area contributed by atoms with Gasteiger partial charge < -0.3 is 5.11 Å². The van der Waals surface area contributed by atoms with Gasteiger partial charge in [-0.3, -0.25) is 9.48 Å². The summed E-state index contributed by atoms with van der Waals surface area (Å²) in [6.45, 7) is 4.11. The van der Waals surface area contributed by atoms with E-state index in [0.717, 1.165) is 5.56 Å². The molecule has 5 nitrogen and oxygen atoms in total. The zero-order chi connectivity index (χ0) is 14.0. The zero-order valence-electron chi connectivity index (χ0n) is 11.3. The average molecular weight is 259 g/mol. The molecule has 1 aromatic heterocycles. The lowest BCUT2D eigenvalue weighted by Gasteiger charge is -2.01. The largest absolute Gasteiger partial charge is 0.481 e. The summed E-state index contributed by atoms with van der Waals surface area (Å²) in [6, 6.07) is 6.07. The summed E-state index contributed by atoms with van der Waals surface area (Å²) in [5.74, 6) is 0.511. The van der Waals surface area contributed by atoms with Crippen molar-refractivity contribution < 1.29 is 9.90 Å². The monoisotopic (exact) mass is 259 g/mol. The molecule has 0 amide bonds. The number of aromatic nitrogens is 3. The van der Waals surface area contributed by atoms with Gasteiger partial charge in [-0.2, -0.15) is 5.10 Å². The van der Waals surface area contributed by atoms with Gasteiger partial charge in [0.25, 0.3) is 0 Å². The van der Waals surface area contributed by atoms with E-state index in [2.05, 4.69) is 17.0 Å². The van der Waals surface area contributed by atoms with Crippen molar-refractivity contribution in [3.05, 3.63) is 35.2 Å². The number of carbonyl (C=O) groups is 1. The summed E-state index contributed by atoms with van der Waals surface area (Å²) in [5.41, 5.74) is 3.38. The Morgan fingerprint density at radius 2 is 2.05 bits per heavy atom. The van der Waals surface area contributed by atoms with Crippen LogP contribution in [0.4, 0.5) is 0 Å². The fourth-order valence-electron chi connectivity index (χ4n) is 1.86. The number of aliphatic carboxylic acids is 1. The summed E-state index contributed by atoms with van der Waals surface area (Å²) in [6.07, 6.45) is 0.461. The highest BCUT2D eigenvalue weighted by molar-refractivity contribution is 5.67. The number of nitrogens with zero attached hydrogens (tertiary/aromatic N) is 3. The first-order chi connectivity index (χ1) is 8.97. The molecule has 0 bridgehead atoms. The van der Waals surface area contributed by atoms with Crippen molar-refractivity contribution in [2.75, 3.05) is 0 Å². The smallest absolute Gasteiger partial charge is 0.303 e. The van der Waals surface area contributed by atoms with E-state index >= 15 is 0 Å². The van der Waals surface area contributed by atoms with Crippen LogP contribution in [0.5, 0.6) is 0 Å². The van der Waals surface area contributed by atoms with Crippen molar-refractivity contribution in [2.45, 2.75) is 26.7 Å². The first-order valence-corrected chi connectivity index (χ1v) is 6.16. The molecule has 2 rings (SSSR count). The van der Waals surface area contributed by atoms with Crippen molar-refractivity contribution in [1.29, 1.82) is 0 Å². The van der Waals surface area contributed by atoms with Gasteiger partial charge in [0, 0.05) is 19.0 Å². The Bertz CT molecular complexity index is 617. The van der Waals surface area contributed by atoms with E-state index in [1.165, 1.54) is 11.1 Å². The highest BCUT2D eigenvalue weighted by Gasteiger charge is 2.11. The molecule has 19 heavy (non-hydrogen) atoms. The number of aryl methyl sites for hydroxylation is 4. The summed E-state index contributed by atoms with van der Waals surface area (Å²) < 4.78 is 1.65. The number of hydrogen-bond donors (Lipinski definition) is 1. The molecule has 0 saturated carbocycles. The van der Waals surface area contributed by atoms with Crippen LogP contribution in [0.25, 0.3) is 11.4 Å². The predicted octanol–water partition coefficient (Wildman–Crippen LogP) is 2.12. The number of carboxylic acids is 1. The minimum absolute atomic E-state index is 0.0684. The molecule has 0 fully saturated rings. The third-order valence-electron chi connectivity index (χ3n) is 3.18. The second kappa shape index (κ2) is 5.22. The van der Waals surface area contributed by atoms with E-state index in [9.17, 15) is 4.79 Å². The predicted molar refractivity (Wildman–Crippen MR) is 71.9 cm³/mol. The molecule has 1 aromatic carbocycles. The van der Waals surface area contributed by atoms with Crippen LogP contribution in [0, 0.1) is 13.8 Å². The second-order valence-electron chi connectivity index (χ2n) is 4.67. The number of rotatable bonds is 4. The Hall–Kier alpha value is -2.17. The Balaban J connectivity index is 2.28. The summed E-state index contributed by atoms with van der Waals surface area (Å²) in [5, 5.41) is 13.0. The minimum Gasteiger partial charge on any atom is -0.481 e. The van der Waals surface area contributed by atoms with E-state index < -0.39 is 5.97 Å². The Kier molecular flexibility index (Phi) is 3.64. The van der Waals surface area contributed by atoms with Gasteiger partial charge in [-0.05, 0) is 31.0 Å². The number of benzene rings is 1. The van der Waals surface area contributed by atoms with Crippen LogP contribution < -0.4 is 0 Å². The van der Waals surface area contributed by atoms with Gasteiger partial charge in [0.2, 0.25) is 0 Å². The van der Waals surface area contributed by atoms with E-state index in [-0.39, 0.29) is 6.42 Å². The first-order valence-electron chi connectivity index (χ1n) is 6.16. The van der Waals surface area contributed by atoms with Crippen molar-refractivity contribution in [2.24, 2.45) is 7.05 Å². The molecule has 0 spiro atoms. The quantitative estimate of drug-likeness (QED) is 0.913. The first kappa shape index (κ1) is 13.3. The minimum atomic E-state index is -0.823. The Labute approximate surface area is 111 Å². The number of hydrogen-bond acceptors (Lipinski definition) is 3. The molecule has 0 radical (unpaired) electrons. The fourth-order valence-corrected chi connectivity index (χ4v) is 1.86. The molecule has 0 aliphatic rings. The van der Waals surface area contributed by atoms with Crippen LogP contribution in [-0.4, -0.2) is 25.8 Å². The van der Waals surface area contributed by atoms with Crippen LogP contribution in [0.15, 0.2) is 18.2 Å². The van der Waals surface area contributed by atoms with Gasteiger partial charge in [-0.1, -0.05) is 12.1 Å². The molecule has 0 aliphatic carbocycles. The topological polar surface area (TPSA) is 68.0 Å². The summed E-state index contributed by atoms with van der Waals surface area (Å²) >= 11 is 0. The lowest BCUT2D eigenvalue weighted by Crippen LogP contribution is -2.03. The SMILES string of the molecule is Cc1ccc(-c2nc(CCC(=O)O)n(C)n2)cc1C.